The zero-order chi connectivity index (χ0) is 10.5. The van der Waals surface area contributed by atoms with Crippen LogP contribution in [0.1, 0.15) is 13.8 Å². The summed E-state index contributed by atoms with van der Waals surface area (Å²) in [6.07, 6.45) is -1.59. The van der Waals surface area contributed by atoms with Crippen LogP contribution in [0.25, 0.3) is 0 Å². The normalized spacial score (nSPS) is 17.1. The monoisotopic (exact) mass is 215 g/mol. The van der Waals surface area contributed by atoms with Gasteiger partial charge < -0.3 is 10.2 Å². The molecule has 0 fully saturated rings. The van der Waals surface area contributed by atoms with E-state index in [-0.39, 0.29) is 13.2 Å². The van der Waals surface area contributed by atoms with Crippen molar-refractivity contribution in [3.63, 3.8) is 0 Å². The number of aliphatic hydroxyl groups excluding tert-OH is 2. The Kier molecular flexibility index (Phi) is 5.91. The standard InChI is InChI=1S/C6H16O6P/c1-5(7)3-11-13(9,10)12-4-6(2)8/h5-10H,3-4H2,1-2H3/q+1. The van der Waals surface area contributed by atoms with Crippen LogP contribution in [0.4, 0.5) is 0 Å². The molecule has 0 radical (unpaired) electrons. The molecule has 2 atom stereocenters. The van der Waals surface area contributed by atoms with Crippen molar-refractivity contribution >= 4 is 8.17 Å². The van der Waals surface area contributed by atoms with Gasteiger partial charge in [-0.2, -0.15) is 18.8 Å². The number of aliphatic hydroxyl groups is 2. The van der Waals surface area contributed by atoms with Crippen molar-refractivity contribution in [1.82, 2.24) is 0 Å². The van der Waals surface area contributed by atoms with E-state index < -0.39 is 20.4 Å². The summed E-state index contributed by atoms with van der Waals surface area (Å²) in [7, 11) is -3.87. The minimum Gasteiger partial charge on any atom is -0.391 e. The van der Waals surface area contributed by atoms with Gasteiger partial charge in [0.25, 0.3) is 0 Å². The molecule has 2 unspecified atom stereocenters. The maximum absolute atomic E-state index is 9.01. The third-order valence-corrected chi connectivity index (χ3v) is 1.94. The lowest BCUT2D eigenvalue weighted by atomic mass is 10.5. The molecule has 13 heavy (non-hydrogen) atoms. The molecular weight excluding hydrogens is 199 g/mol. The predicted molar refractivity (Wildman–Crippen MR) is 46.6 cm³/mol. The molecular formula is C6H16O6P+. The zero-order valence-electron chi connectivity index (χ0n) is 7.62. The average Bonchev–Trinajstić information content (AvgIpc) is 1.98. The van der Waals surface area contributed by atoms with Gasteiger partial charge in [-0.05, 0) is 13.8 Å². The first-order valence-corrected chi connectivity index (χ1v) is 5.36. The van der Waals surface area contributed by atoms with Crippen molar-refractivity contribution in [3.05, 3.63) is 0 Å². The van der Waals surface area contributed by atoms with Gasteiger partial charge in [-0.3, -0.25) is 0 Å². The van der Waals surface area contributed by atoms with Gasteiger partial charge in [0.05, 0.1) is 12.2 Å². The fourth-order valence-electron chi connectivity index (χ4n) is 0.447. The number of hydrogen-bond acceptors (Lipinski definition) is 6. The lowest BCUT2D eigenvalue weighted by Gasteiger charge is -2.11. The molecule has 0 aliphatic heterocycles. The quantitative estimate of drug-likeness (QED) is 0.443. The molecule has 0 spiro atoms. The Bertz CT molecular complexity index is 123. The Morgan fingerprint density at radius 3 is 1.54 bits per heavy atom. The minimum atomic E-state index is -3.87. The van der Waals surface area contributed by atoms with Crippen LogP contribution in [0, 0.1) is 0 Å². The third-order valence-electron chi connectivity index (χ3n) is 0.968. The highest BCUT2D eigenvalue weighted by atomic mass is 31.2. The van der Waals surface area contributed by atoms with Gasteiger partial charge in [-0.25, -0.2) is 0 Å². The maximum Gasteiger partial charge on any atom is 0.570 e. The summed E-state index contributed by atoms with van der Waals surface area (Å²) in [4.78, 5) is 18.0. The van der Waals surface area contributed by atoms with E-state index in [1.807, 2.05) is 0 Å². The number of rotatable bonds is 6. The molecule has 0 aliphatic carbocycles. The topological polar surface area (TPSA) is 99.4 Å². The van der Waals surface area contributed by atoms with Gasteiger partial charge in [0.15, 0.2) is 0 Å². The second-order valence-electron chi connectivity index (χ2n) is 2.78. The largest absolute Gasteiger partial charge is 0.570 e. The van der Waals surface area contributed by atoms with E-state index in [4.69, 9.17) is 20.0 Å². The van der Waals surface area contributed by atoms with E-state index in [0.717, 1.165) is 0 Å². The van der Waals surface area contributed by atoms with Crippen LogP contribution in [0.15, 0.2) is 0 Å². The lowest BCUT2D eigenvalue weighted by Crippen LogP contribution is -2.16. The summed E-state index contributed by atoms with van der Waals surface area (Å²) < 4.78 is 8.96. The van der Waals surface area contributed by atoms with Crippen molar-refractivity contribution < 1.29 is 29.0 Å². The average molecular weight is 215 g/mol. The van der Waals surface area contributed by atoms with Crippen LogP contribution in [0.3, 0.4) is 0 Å². The molecule has 0 aliphatic rings. The highest BCUT2D eigenvalue weighted by Crippen LogP contribution is 2.52. The highest BCUT2D eigenvalue weighted by molar-refractivity contribution is 7.54. The Hall–Kier alpha value is 0.190. The fraction of sp³-hybridized carbons (Fsp3) is 1.00. The van der Waals surface area contributed by atoms with Crippen molar-refractivity contribution in [2.45, 2.75) is 26.1 Å². The summed E-state index contributed by atoms with van der Waals surface area (Å²) >= 11 is 0. The Morgan fingerprint density at radius 2 is 1.31 bits per heavy atom. The second-order valence-corrected chi connectivity index (χ2v) is 4.28. The summed E-state index contributed by atoms with van der Waals surface area (Å²) in [6.45, 7) is 2.44. The smallest absolute Gasteiger partial charge is 0.391 e. The third kappa shape index (κ3) is 8.52. The van der Waals surface area contributed by atoms with Crippen molar-refractivity contribution in [2.24, 2.45) is 0 Å². The van der Waals surface area contributed by atoms with E-state index in [1.165, 1.54) is 13.8 Å². The minimum absolute atomic E-state index is 0.222. The van der Waals surface area contributed by atoms with Crippen LogP contribution in [-0.2, 0) is 9.05 Å². The molecule has 0 bridgehead atoms. The maximum atomic E-state index is 9.01. The first kappa shape index (κ1) is 13.2. The molecule has 0 aromatic heterocycles. The van der Waals surface area contributed by atoms with Crippen LogP contribution in [-0.4, -0.2) is 45.4 Å². The molecule has 80 valence electrons. The second kappa shape index (κ2) is 5.82. The van der Waals surface area contributed by atoms with Crippen molar-refractivity contribution in [2.75, 3.05) is 13.2 Å². The van der Waals surface area contributed by atoms with E-state index in [9.17, 15) is 0 Å². The van der Waals surface area contributed by atoms with Crippen molar-refractivity contribution in [1.29, 1.82) is 0 Å². The fourth-order valence-corrected chi connectivity index (χ4v) is 1.34. The Labute approximate surface area is 77.4 Å². The molecule has 0 rings (SSSR count). The summed E-state index contributed by atoms with van der Waals surface area (Å²) in [5.41, 5.74) is 0. The summed E-state index contributed by atoms with van der Waals surface area (Å²) in [5, 5.41) is 17.5. The molecule has 0 saturated carbocycles. The van der Waals surface area contributed by atoms with Gasteiger partial charge in [-0.15, -0.1) is 0 Å². The summed E-state index contributed by atoms with van der Waals surface area (Å²) in [5.74, 6) is 0. The molecule has 6 nitrogen and oxygen atoms in total. The van der Waals surface area contributed by atoms with Crippen LogP contribution in [0.5, 0.6) is 0 Å². The molecule has 0 saturated heterocycles. The van der Waals surface area contributed by atoms with Crippen LogP contribution >= 0.6 is 8.17 Å². The molecule has 0 aromatic rings. The van der Waals surface area contributed by atoms with Crippen LogP contribution in [0.2, 0.25) is 0 Å². The molecule has 4 N–H and O–H groups in total. The van der Waals surface area contributed by atoms with Gasteiger partial charge in [-0.1, -0.05) is 0 Å². The SMILES string of the molecule is CC(O)CO[P+](O)(O)OCC(C)O. The van der Waals surface area contributed by atoms with E-state index >= 15 is 0 Å². The first-order valence-electron chi connectivity index (χ1n) is 3.83. The van der Waals surface area contributed by atoms with Gasteiger partial charge >= 0.3 is 8.17 Å². The zero-order valence-corrected chi connectivity index (χ0v) is 8.52. The van der Waals surface area contributed by atoms with E-state index in [0.29, 0.717) is 0 Å². The molecule has 0 aromatic carbocycles. The van der Waals surface area contributed by atoms with Crippen molar-refractivity contribution in [3.8, 4) is 0 Å². The Morgan fingerprint density at radius 1 is 1.00 bits per heavy atom. The summed E-state index contributed by atoms with van der Waals surface area (Å²) in [6, 6.07) is 0. The molecule has 7 heteroatoms. The predicted octanol–water partition coefficient (Wildman–Crippen LogP) is -0.557. The Balaban J connectivity index is 3.66. The van der Waals surface area contributed by atoms with Crippen LogP contribution < -0.4 is 0 Å². The number of hydrogen-bond donors (Lipinski definition) is 4. The lowest BCUT2D eigenvalue weighted by molar-refractivity contribution is 0.0416. The molecule has 0 amide bonds. The molecule has 0 heterocycles. The van der Waals surface area contributed by atoms with E-state index in [1.54, 1.807) is 0 Å². The first-order chi connectivity index (χ1) is 5.83. The van der Waals surface area contributed by atoms with Gasteiger partial charge in [0.2, 0.25) is 0 Å². The van der Waals surface area contributed by atoms with Gasteiger partial charge in [0.1, 0.15) is 13.2 Å². The van der Waals surface area contributed by atoms with Gasteiger partial charge in [0, 0.05) is 0 Å². The highest BCUT2D eigenvalue weighted by Gasteiger charge is 2.40. The van der Waals surface area contributed by atoms with E-state index in [2.05, 4.69) is 9.05 Å².